The number of hydrogen-bond acceptors (Lipinski definition) is 6. The van der Waals surface area contributed by atoms with Gasteiger partial charge >= 0.3 is 5.69 Å². The van der Waals surface area contributed by atoms with Gasteiger partial charge in [0.25, 0.3) is 0 Å². The predicted molar refractivity (Wildman–Crippen MR) is 107 cm³/mol. The molecule has 0 aliphatic heterocycles. The Bertz CT molecular complexity index is 794. The molecule has 2 rings (SSSR count). The summed E-state index contributed by atoms with van der Waals surface area (Å²) in [5.74, 6) is 0.672. The molecule has 0 spiro atoms. The molecule has 144 valence electrons. The minimum Gasteiger partial charge on any atom is -0.493 e. The zero-order chi connectivity index (χ0) is 19.6. The molecule has 0 amide bonds. The fourth-order valence-electron chi connectivity index (χ4n) is 2.17. The molecule has 27 heavy (non-hydrogen) atoms. The highest BCUT2D eigenvalue weighted by Gasteiger charge is 2.20. The molecule has 0 fully saturated rings. The number of anilines is 1. The third-order valence-corrected chi connectivity index (χ3v) is 3.70. The first-order valence-corrected chi connectivity index (χ1v) is 9.05. The van der Waals surface area contributed by atoms with Crippen LogP contribution in [0.4, 0.5) is 11.4 Å². The Morgan fingerprint density at radius 3 is 2.33 bits per heavy atom. The molecule has 0 unspecified atom stereocenters. The Labute approximate surface area is 163 Å². The molecule has 2 aromatic carbocycles. The lowest BCUT2D eigenvalue weighted by Gasteiger charge is -2.12. The van der Waals surface area contributed by atoms with Crippen LogP contribution in [0.15, 0.2) is 41.5 Å². The van der Waals surface area contributed by atoms with E-state index >= 15 is 0 Å². The fraction of sp³-hybridized carbons (Fsp3) is 0.316. The summed E-state index contributed by atoms with van der Waals surface area (Å²) in [5.41, 5.74) is 3.96. The summed E-state index contributed by atoms with van der Waals surface area (Å²) in [5, 5.41) is 16.2. The molecule has 0 aromatic heterocycles. The van der Waals surface area contributed by atoms with E-state index in [1.807, 2.05) is 13.8 Å². The Morgan fingerprint density at radius 1 is 1.11 bits per heavy atom. The van der Waals surface area contributed by atoms with Gasteiger partial charge in [-0.15, -0.1) is 0 Å². The van der Waals surface area contributed by atoms with Crippen LogP contribution in [0, 0.1) is 10.1 Å². The van der Waals surface area contributed by atoms with Crippen molar-refractivity contribution in [1.82, 2.24) is 0 Å². The molecule has 2 aromatic rings. The van der Waals surface area contributed by atoms with Gasteiger partial charge in [0.15, 0.2) is 0 Å². The maximum Gasteiger partial charge on any atom is 0.311 e. The Kier molecular flexibility index (Phi) is 7.88. The summed E-state index contributed by atoms with van der Waals surface area (Å²) >= 11 is 5.85. The number of rotatable bonds is 10. The monoisotopic (exact) mass is 391 g/mol. The van der Waals surface area contributed by atoms with Crippen LogP contribution in [-0.4, -0.2) is 24.4 Å². The van der Waals surface area contributed by atoms with E-state index in [0.717, 1.165) is 18.5 Å². The number of ether oxygens (including phenoxy) is 2. The number of nitrogens with zero attached hydrogens (tertiary/aromatic N) is 2. The normalized spacial score (nSPS) is 10.8. The zero-order valence-corrected chi connectivity index (χ0v) is 16.0. The maximum atomic E-state index is 11.4. The van der Waals surface area contributed by atoms with Crippen molar-refractivity contribution in [1.29, 1.82) is 0 Å². The van der Waals surface area contributed by atoms with Crippen LogP contribution < -0.4 is 14.9 Å². The number of benzene rings is 2. The SMILES string of the molecule is CCCOc1cc(OCCC)c([N+](=O)[O-])cc1C=NNc1ccc(Cl)cc1. The summed E-state index contributed by atoms with van der Waals surface area (Å²) in [6, 6.07) is 9.98. The van der Waals surface area contributed by atoms with Crippen molar-refractivity contribution in [3.63, 3.8) is 0 Å². The first-order valence-electron chi connectivity index (χ1n) is 8.67. The van der Waals surface area contributed by atoms with E-state index in [-0.39, 0.29) is 11.4 Å². The van der Waals surface area contributed by atoms with E-state index in [9.17, 15) is 10.1 Å². The van der Waals surface area contributed by atoms with Gasteiger partial charge in [-0.05, 0) is 37.1 Å². The van der Waals surface area contributed by atoms with E-state index in [2.05, 4.69) is 10.5 Å². The molecule has 0 bridgehead atoms. The highest BCUT2D eigenvalue weighted by atomic mass is 35.5. The minimum absolute atomic E-state index is 0.125. The second kappa shape index (κ2) is 10.4. The topological polar surface area (TPSA) is 86.0 Å². The van der Waals surface area contributed by atoms with Crippen LogP contribution in [0.3, 0.4) is 0 Å². The standard InChI is InChI=1S/C19H22ClN3O4/c1-3-9-26-18-12-19(27-10-4-2)17(23(24)25)11-14(18)13-21-22-16-7-5-15(20)6-8-16/h5-8,11-13,22H,3-4,9-10H2,1-2H3. The molecule has 0 heterocycles. The summed E-state index contributed by atoms with van der Waals surface area (Å²) in [6.45, 7) is 4.79. The summed E-state index contributed by atoms with van der Waals surface area (Å²) in [6.07, 6.45) is 3.04. The molecule has 7 nitrogen and oxygen atoms in total. The molecular formula is C19H22ClN3O4. The number of hydrogen-bond donors (Lipinski definition) is 1. The Hall–Kier alpha value is -2.80. The lowest BCUT2D eigenvalue weighted by Crippen LogP contribution is -2.04. The summed E-state index contributed by atoms with van der Waals surface area (Å²) < 4.78 is 11.2. The predicted octanol–water partition coefficient (Wildman–Crippen LogP) is 5.27. The van der Waals surface area contributed by atoms with Gasteiger partial charge in [0, 0.05) is 22.7 Å². The molecule has 8 heteroatoms. The van der Waals surface area contributed by atoms with Gasteiger partial charge in [-0.3, -0.25) is 15.5 Å². The molecule has 0 aliphatic rings. The van der Waals surface area contributed by atoms with Crippen molar-refractivity contribution in [2.45, 2.75) is 26.7 Å². The molecule has 0 aliphatic carbocycles. The van der Waals surface area contributed by atoms with Crippen LogP contribution in [0.25, 0.3) is 0 Å². The van der Waals surface area contributed by atoms with Crippen LogP contribution in [0.5, 0.6) is 11.5 Å². The average Bonchev–Trinajstić information content (AvgIpc) is 2.66. The van der Waals surface area contributed by atoms with Gasteiger partial charge in [-0.2, -0.15) is 5.10 Å². The molecular weight excluding hydrogens is 370 g/mol. The summed E-state index contributed by atoms with van der Waals surface area (Å²) in [4.78, 5) is 10.9. The lowest BCUT2D eigenvalue weighted by molar-refractivity contribution is -0.385. The van der Waals surface area contributed by atoms with Crippen molar-refractivity contribution in [3.8, 4) is 11.5 Å². The second-order valence-corrected chi connectivity index (χ2v) is 6.13. The smallest absolute Gasteiger partial charge is 0.311 e. The number of nitro groups is 1. The molecule has 0 atom stereocenters. The number of hydrazone groups is 1. The number of halogens is 1. The average molecular weight is 392 g/mol. The first-order chi connectivity index (χ1) is 13.0. The third-order valence-electron chi connectivity index (χ3n) is 3.45. The maximum absolute atomic E-state index is 11.4. The van der Waals surface area contributed by atoms with Crippen molar-refractivity contribution >= 4 is 29.2 Å². The van der Waals surface area contributed by atoms with Gasteiger partial charge < -0.3 is 9.47 Å². The quantitative estimate of drug-likeness (QED) is 0.338. The van der Waals surface area contributed by atoms with Crippen LogP contribution >= 0.6 is 11.6 Å². The van der Waals surface area contributed by atoms with Gasteiger partial charge in [0.2, 0.25) is 5.75 Å². The van der Waals surface area contributed by atoms with Crippen molar-refractivity contribution in [2.75, 3.05) is 18.6 Å². The first kappa shape index (κ1) is 20.5. The van der Waals surface area contributed by atoms with Crippen LogP contribution in [0.2, 0.25) is 5.02 Å². The van der Waals surface area contributed by atoms with Crippen LogP contribution in [0.1, 0.15) is 32.3 Å². The van der Waals surface area contributed by atoms with E-state index in [1.54, 1.807) is 30.3 Å². The molecule has 0 radical (unpaired) electrons. The summed E-state index contributed by atoms with van der Waals surface area (Å²) in [7, 11) is 0. The van der Waals surface area contributed by atoms with Crippen molar-refractivity contribution in [2.24, 2.45) is 5.10 Å². The molecule has 0 saturated carbocycles. The van der Waals surface area contributed by atoms with Crippen LogP contribution in [-0.2, 0) is 0 Å². The fourth-order valence-corrected chi connectivity index (χ4v) is 2.30. The Balaban J connectivity index is 2.30. The van der Waals surface area contributed by atoms with Gasteiger partial charge in [0.05, 0.1) is 30.0 Å². The highest BCUT2D eigenvalue weighted by Crippen LogP contribution is 2.34. The van der Waals surface area contributed by atoms with Gasteiger partial charge in [-0.1, -0.05) is 25.4 Å². The number of nitro benzene ring substituents is 1. The van der Waals surface area contributed by atoms with E-state index in [0.29, 0.717) is 29.5 Å². The largest absolute Gasteiger partial charge is 0.493 e. The van der Waals surface area contributed by atoms with Crippen molar-refractivity contribution < 1.29 is 14.4 Å². The zero-order valence-electron chi connectivity index (χ0n) is 15.3. The minimum atomic E-state index is -0.474. The van der Waals surface area contributed by atoms with Gasteiger partial charge in [0.1, 0.15) is 5.75 Å². The molecule has 1 N–H and O–H groups in total. The van der Waals surface area contributed by atoms with Crippen molar-refractivity contribution in [3.05, 3.63) is 57.1 Å². The second-order valence-electron chi connectivity index (χ2n) is 5.69. The van der Waals surface area contributed by atoms with E-state index in [1.165, 1.54) is 12.3 Å². The van der Waals surface area contributed by atoms with Gasteiger partial charge in [-0.25, -0.2) is 0 Å². The molecule has 0 saturated heterocycles. The van der Waals surface area contributed by atoms with E-state index in [4.69, 9.17) is 21.1 Å². The highest BCUT2D eigenvalue weighted by molar-refractivity contribution is 6.30. The Morgan fingerprint density at radius 2 is 1.74 bits per heavy atom. The number of nitrogens with one attached hydrogen (secondary N) is 1. The third kappa shape index (κ3) is 6.14. The van der Waals surface area contributed by atoms with E-state index < -0.39 is 4.92 Å². The lowest BCUT2D eigenvalue weighted by atomic mass is 10.1.